The third-order valence-corrected chi connectivity index (χ3v) is 3.10. The van der Waals surface area contributed by atoms with Crippen molar-refractivity contribution >= 4 is 11.7 Å². The fourth-order valence-corrected chi connectivity index (χ4v) is 1.65. The van der Waals surface area contributed by atoms with Gasteiger partial charge in [0, 0.05) is 6.54 Å². The van der Waals surface area contributed by atoms with Crippen LogP contribution in [0.2, 0.25) is 0 Å². The lowest BCUT2D eigenvalue weighted by molar-refractivity contribution is -0.126. The maximum absolute atomic E-state index is 11.9. The SMILES string of the molecule is Cc1cccc(CCNC(=O)C(C)(C)C(N)=NO)c1. The van der Waals surface area contributed by atoms with Crippen molar-refractivity contribution in [3.05, 3.63) is 35.4 Å². The van der Waals surface area contributed by atoms with Crippen molar-refractivity contribution in [3.8, 4) is 0 Å². The summed E-state index contributed by atoms with van der Waals surface area (Å²) < 4.78 is 0. The first-order valence-corrected chi connectivity index (χ1v) is 6.19. The molecule has 0 fully saturated rings. The van der Waals surface area contributed by atoms with E-state index in [-0.39, 0.29) is 11.7 Å². The second kappa shape index (κ2) is 6.22. The number of nitrogens with zero attached hydrogens (tertiary/aromatic N) is 1. The first kappa shape index (κ1) is 15.0. The number of nitrogens with one attached hydrogen (secondary N) is 1. The number of benzene rings is 1. The summed E-state index contributed by atoms with van der Waals surface area (Å²) in [5, 5.41) is 14.3. The molecule has 0 saturated heterocycles. The van der Waals surface area contributed by atoms with Gasteiger partial charge in [0.15, 0.2) is 5.84 Å². The average molecular weight is 263 g/mol. The number of rotatable bonds is 5. The lowest BCUT2D eigenvalue weighted by Gasteiger charge is -2.21. The maximum Gasteiger partial charge on any atom is 0.233 e. The van der Waals surface area contributed by atoms with Crippen LogP contribution in [0.25, 0.3) is 0 Å². The number of carbonyl (C=O) groups excluding carboxylic acids is 1. The minimum Gasteiger partial charge on any atom is -0.409 e. The zero-order valence-corrected chi connectivity index (χ0v) is 11.6. The summed E-state index contributed by atoms with van der Waals surface area (Å²) in [5.74, 6) is -0.351. The van der Waals surface area contributed by atoms with Crippen LogP contribution in [0.4, 0.5) is 0 Å². The fourth-order valence-electron chi connectivity index (χ4n) is 1.65. The quantitative estimate of drug-likeness (QED) is 0.325. The molecule has 5 heteroatoms. The Bertz CT molecular complexity index is 481. The lowest BCUT2D eigenvalue weighted by Crippen LogP contribution is -2.46. The number of oxime groups is 1. The minimum absolute atomic E-state index is 0.0967. The number of hydrogen-bond acceptors (Lipinski definition) is 3. The molecule has 0 bridgehead atoms. The highest BCUT2D eigenvalue weighted by molar-refractivity contribution is 6.05. The normalized spacial score (nSPS) is 12.3. The van der Waals surface area contributed by atoms with Gasteiger partial charge in [0.2, 0.25) is 5.91 Å². The van der Waals surface area contributed by atoms with Crippen molar-refractivity contribution in [1.82, 2.24) is 5.32 Å². The van der Waals surface area contributed by atoms with E-state index in [9.17, 15) is 4.79 Å². The van der Waals surface area contributed by atoms with Crippen LogP contribution < -0.4 is 11.1 Å². The Morgan fingerprint density at radius 2 is 2.16 bits per heavy atom. The molecular formula is C14H21N3O2. The molecule has 0 spiro atoms. The molecule has 1 aromatic rings. The smallest absolute Gasteiger partial charge is 0.233 e. The van der Waals surface area contributed by atoms with Crippen LogP contribution in [0.5, 0.6) is 0 Å². The molecule has 0 aliphatic heterocycles. The maximum atomic E-state index is 11.9. The second-order valence-corrected chi connectivity index (χ2v) is 5.11. The molecule has 4 N–H and O–H groups in total. The van der Waals surface area contributed by atoms with Crippen LogP contribution in [0.3, 0.4) is 0 Å². The predicted octanol–water partition coefficient (Wildman–Crippen LogP) is 1.43. The van der Waals surface area contributed by atoms with E-state index in [1.807, 2.05) is 25.1 Å². The Kier molecular flexibility index (Phi) is 4.92. The number of nitrogens with two attached hydrogens (primary N) is 1. The number of amides is 1. The molecule has 1 amide bonds. The highest BCUT2D eigenvalue weighted by Gasteiger charge is 2.32. The van der Waals surface area contributed by atoms with E-state index in [0.717, 1.165) is 6.42 Å². The molecule has 19 heavy (non-hydrogen) atoms. The third-order valence-electron chi connectivity index (χ3n) is 3.10. The summed E-state index contributed by atoms with van der Waals surface area (Å²) in [6.07, 6.45) is 0.750. The van der Waals surface area contributed by atoms with Crippen molar-refractivity contribution in [2.45, 2.75) is 27.2 Å². The van der Waals surface area contributed by atoms with Gasteiger partial charge >= 0.3 is 0 Å². The summed E-state index contributed by atoms with van der Waals surface area (Å²) in [4.78, 5) is 11.9. The van der Waals surface area contributed by atoms with Crippen LogP contribution in [-0.2, 0) is 11.2 Å². The highest BCUT2D eigenvalue weighted by Crippen LogP contribution is 2.15. The van der Waals surface area contributed by atoms with Crippen molar-refractivity contribution < 1.29 is 10.0 Å². The fraction of sp³-hybridized carbons (Fsp3) is 0.429. The topological polar surface area (TPSA) is 87.7 Å². The first-order chi connectivity index (χ1) is 8.87. The number of hydrogen-bond donors (Lipinski definition) is 3. The van der Waals surface area contributed by atoms with Crippen LogP contribution >= 0.6 is 0 Å². The number of amidine groups is 1. The highest BCUT2D eigenvalue weighted by atomic mass is 16.4. The Morgan fingerprint density at radius 1 is 1.47 bits per heavy atom. The largest absolute Gasteiger partial charge is 0.409 e. The van der Waals surface area contributed by atoms with Crippen molar-refractivity contribution in [1.29, 1.82) is 0 Å². The third kappa shape index (κ3) is 3.98. The number of carbonyl (C=O) groups is 1. The van der Waals surface area contributed by atoms with Gasteiger partial charge in [-0.05, 0) is 32.8 Å². The van der Waals surface area contributed by atoms with Gasteiger partial charge in [0.05, 0.1) is 0 Å². The van der Waals surface area contributed by atoms with E-state index >= 15 is 0 Å². The van der Waals surface area contributed by atoms with Gasteiger partial charge < -0.3 is 16.3 Å². The van der Waals surface area contributed by atoms with Gasteiger partial charge in [0.25, 0.3) is 0 Å². The Hall–Kier alpha value is -2.04. The molecule has 1 rings (SSSR count). The van der Waals surface area contributed by atoms with Crippen molar-refractivity contribution in [3.63, 3.8) is 0 Å². The van der Waals surface area contributed by atoms with Gasteiger partial charge in [-0.2, -0.15) is 0 Å². The zero-order chi connectivity index (χ0) is 14.5. The summed E-state index contributed by atoms with van der Waals surface area (Å²) >= 11 is 0. The summed E-state index contributed by atoms with van der Waals surface area (Å²) in [7, 11) is 0. The molecule has 0 heterocycles. The van der Waals surface area contributed by atoms with Gasteiger partial charge in [-0.3, -0.25) is 4.79 Å². The van der Waals surface area contributed by atoms with E-state index in [1.54, 1.807) is 13.8 Å². The van der Waals surface area contributed by atoms with E-state index in [0.29, 0.717) is 6.54 Å². The second-order valence-electron chi connectivity index (χ2n) is 5.11. The first-order valence-electron chi connectivity index (χ1n) is 6.19. The molecule has 0 radical (unpaired) electrons. The Labute approximate surface area is 113 Å². The molecule has 0 atom stereocenters. The van der Waals surface area contributed by atoms with Crippen LogP contribution in [0, 0.1) is 12.3 Å². The van der Waals surface area contributed by atoms with E-state index < -0.39 is 5.41 Å². The molecule has 5 nitrogen and oxygen atoms in total. The molecule has 0 aliphatic carbocycles. The predicted molar refractivity (Wildman–Crippen MR) is 75.1 cm³/mol. The van der Waals surface area contributed by atoms with E-state index in [2.05, 4.69) is 16.5 Å². The van der Waals surface area contributed by atoms with E-state index in [1.165, 1.54) is 11.1 Å². The minimum atomic E-state index is -1.01. The van der Waals surface area contributed by atoms with Gasteiger partial charge in [-0.25, -0.2) is 0 Å². The van der Waals surface area contributed by atoms with Crippen LogP contribution in [-0.4, -0.2) is 23.5 Å². The zero-order valence-electron chi connectivity index (χ0n) is 11.6. The van der Waals surface area contributed by atoms with Crippen LogP contribution in [0.15, 0.2) is 29.4 Å². The standard InChI is InChI=1S/C14H21N3O2/c1-10-5-4-6-11(9-10)7-8-16-13(18)14(2,3)12(15)17-19/h4-6,9,19H,7-8H2,1-3H3,(H2,15,17)(H,16,18). The van der Waals surface area contributed by atoms with Crippen molar-refractivity contribution in [2.24, 2.45) is 16.3 Å². The summed E-state index contributed by atoms with van der Waals surface area (Å²) in [6.45, 7) is 5.78. The molecular weight excluding hydrogens is 242 g/mol. The average Bonchev–Trinajstić information content (AvgIpc) is 2.37. The lowest BCUT2D eigenvalue weighted by atomic mass is 9.91. The molecule has 0 unspecified atom stereocenters. The van der Waals surface area contributed by atoms with Gasteiger partial charge in [-0.15, -0.1) is 0 Å². The Morgan fingerprint density at radius 3 is 2.74 bits per heavy atom. The van der Waals surface area contributed by atoms with E-state index in [4.69, 9.17) is 10.9 Å². The number of aryl methyl sites for hydroxylation is 1. The van der Waals surface area contributed by atoms with Gasteiger partial charge in [0.1, 0.15) is 5.41 Å². The summed E-state index contributed by atoms with van der Waals surface area (Å²) in [6, 6.07) is 8.13. The summed E-state index contributed by atoms with van der Waals surface area (Å²) in [5.41, 5.74) is 6.84. The molecule has 0 aromatic heterocycles. The molecule has 1 aromatic carbocycles. The molecule has 0 aliphatic rings. The molecule has 0 saturated carbocycles. The molecule has 104 valence electrons. The Balaban J connectivity index is 2.52. The van der Waals surface area contributed by atoms with Crippen molar-refractivity contribution in [2.75, 3.05) is 6.54 Å². The van der Waals surface area contributed by atoms with Gasteiger partial charge in [-0.1, -0.05) is 35.0 Å². The monoisotopic (exact) mass is 263 g/mol. The van der Waals surface area contributed by atoms with Crippen LogP contribution in [0.1, 0.15) is 25.0 Å².